The fraction of sp³-hybridized carbons (Fsp3) is 0.0476. The Kier molecular flexibility index (Phi) is 8.00. The average Bonchev–Trinajstić information content (AvgIpc) is 4.01. The third-order valence-electron chi connectivity index (χ3n) is 14.3. The fourth-order valence-corrected chi connectivity index (χ4v) is 11.1. The topological polar surface area (TPSA) is 52.1 Å². The highest BCUT2D eigenvalue weighted by atomic mass is 16.3. The van der Waals surface area contributed by atoms with Crippen LogP contribution in [0.5, 0.6) is 0 Å². The van der Waals surface area contributed by atoms with Crippen LogP contribution in [0.3, 0.4) is 0 Å². The van der Waals surface area contributed by atoms with Crippen LogP contribution in [0.1, 0.15) is 25.0 Å². The van der Waals surface area contributed by atoms with Crippen LogP contribution in [0.2, 0.25) is 0 Å². The molecule has 13 aromatic rings. The molecule has 4 heteroatoms. The summed E-state index contributed by atoms with van der Waals surface area (Å²) in [4.78, 5) is 10.8. The van der Waals surface area contributed by atoms with Gasteiger partial charge in [0.15, 0.2) is 5.82 Å². The average molecular weight is 857 g/mol. The number of hydrogen-bond donors (Lipinski definition) is 0. The molecule has 0 unspecified atom stereocenters. The molecule has 3 heterocycles. The summed E-state index contributed by atoms with van der Waals surface area (Å²) in [5.74, 6) is 0.669. The number of aromatic nitrogens is 2. The van der Waals surface area contributed by atoms with E-state index in [0.29, 0.717) is 5.82 Å². The molecule has 3 aromatic heterocycles. The van der Waals surface area contributed by atoms with Crippen molar-refractivity contribution in [3.63, 3.8) is 0 Å². The maximum Gasteiger partial charge on any atom is 0.160 e. The standard InChI is InChI=1S/C63H40N2O2/c1-63(2)52-27-14-25-47(60(52)50-32-38-18-6-7-19-39(38)33-53(50)63)43-30-31-45(41-21-9-8-20-40(41)43)55-36-54(64-62(65-55)37-16-4-3-5-17-37)44-23-11-10-22-42(44)48-26-15-29-57-61(48)51-35-58-49(34-59(51)67-57)46-24-12-13-28-56(46)66-58/h3-36H,1-2H3. The van der Waals surface area contributed by atoms with Crippen LogP contribution in [0.25, 0.3) is 133 Å². The highest BCUT2D eigenvalue weighted by Gasteiger charge is 2.37. The van der Waals surface area contributed by atoms with Gasteiger partial charge in [0.1, 0.15) is 22.3 Å². The van der Waals surface area contributed by atoms with Crippen molar-refractivity contribution < 1.29 is 8.83 Å². The number of hydrogen-bond acceptors (Lipinski definition) is 4. The van der Waals surface area contributed by atoms with E-state index in [1.54, 1.807) is 0 Å². The first kappa shape index (κ1) is 37.7. The number of fused-ring (bicyclic) bond motifs is 11. The Morgan fingerprint density at radius 2 is 0.925 bits per heavy atom. The SMILES string of the molecule is CC1(C)c2cc3ccccc3cc2-c2c(-c3ccc(-c4cc(-c5ccccc5-c5cccc6oc7cc8c(cc7c56)oc5ccccc58)nc(-c5ccccc5)n4)c4ccccc34)cccc21. The molecule has 1 aliphatic carbocycles. The zero-order chi connectivity index (χ0) is 44.4. The molecule has 10 aromatic carbocycles. The lowest BCUT2D eigenvalue weighted by molar-refractivity contribution is 0.661. The summed E-state index contributed by atoms with van der Waals surface area (Å²) in [6, 6.07) is 73.6. The van der Waals surface area contributed by atoms with Gasteiger partial charge < -0.3 is 8.83 Å². The Hall–Kier alpha value is -8.60. The fourth-order valence-electron chi connectivity index (χ4n) is 11.1. The number of para-hydroxylation sites is 1. The third kappa shape index (κ3) is 5.66. The number of nitrogens with zero attached hydrogens (tertiary/aromatic N) is 2. The normalized spacial score (nSPS) is 13.0. The summed E-state index contributed by atoms with van der Waals surface area (Å²) < 4.78 is 13.0. The van der Waals surface area contributed by atoms with Crippen molar-refractivity contribution in [1.82, 2.24) is 9.97 Å². The summed E-state index contributed by atoms with van der Waals surface area (Å²) in [5, 5.41) is 9.02. The molecule has 0 atom stereocenters. The van der Waals surface area contributed by atoms with E-state index in [1.165, 1.54) is 49.5 Å². The molecular formula is C63H40N2O2. The van der Waals surface area contributed by atoms with Gasteiger partial charge in [-0.1, -0.05) is 178 Å². The summed E-state index contributed by atoms with van der Waals surface area (Å²) in [6.45, 7) is 4.73. The Labute approximate surface area is 386 Å². The van der Waals surface area contributed by atoms with Gasteiger partial charge in [-0.3, -0.25) is 0 Å². The first-order chi connectivity index (χ1) is 33.0. The van der Waals surface area contributed by atoms with Crippen LogP contribution in [0, 0.1) is 0 Å². The lowest BCUT2D eigenvalue weighted by atomic mass is 9.81. The van der Waals surface area contributed by atoms with Crippen LogP contribution in [0.4, 0.5) is 0 Å². The van der Waals surface area contributed by atoms with Crippen molar-refractivity contribution in [2.75, 3.05) is 0 Å². The molecular weight excluding hydrogens is 817 g/mol. The van der Waals surface area contributed by atoms with E-state index in [2.05, 4.69) is 184 Å². The van der Waals surface area contributed by atoms with E-state index in [-0.39, 0.29) is 5.41 Å². The van der Waals surface area contributed by atoms with E-state index < -0.39 is 0 Å². The Morgan fingerprint density at radius 3 is 1.76 bits per heavy atom. The lowest BCUT2D eigenvalue weighted by Gasteiger charge is -2.22. The highest BCUT2D eigenvalue weighted by molar-refractivity contribution is 6.19. The highest BCUT2D eigenvalue weighted by Crippen LogP contribution is 2.54. The van der Waals surface area contributed by atoms with Crippen molar-refractivity contribution in [3.05, 3.63) is 217 Å². The zero-order valence-electron chi connectivity index (χ0n) is 36.8. The summed E-state index contributed by atoms with van der Waals surface area (Å²) in [6.07, 6.45) is 0. The largest absolute Gasteiger partial charge is 0.456 e. The number of rotatable bonds is 5. The molecule has 0 saturated heterocycles. The Bertz CT molecular complexity index is 4190. The van der Waals surface area contributed by atoms with Crippen LogP contribution >= 0.6 is 0 Å². The van der Waals surface area contributed by atoms with Gasteiger partial charge in [-0.15, -0.1) is 0 Å². The monoisotopic (exact) mass is 856 g/mol. The van der Waals surface area contributed by atoms with Crippen LogP contribution in [-0.4, -0.2) is 9.97 Å². The first-order valence-corrected chi connectivity index (χ1v) is 23.0. The van der Waals surface area contributed by atoms with Crippen molar-refractivity contribution in [2.24, 2.45) is 0 Å². The van der Waals surface area contributed by atoms with Crippen LogP contribution in [0.15, 0.2) is 215 Å². The quantitative estimate of drug-likeness (QED) is 0.173. The van der Waals surface area contributed by atoms with Gasteiger partial charge in [0, 0.05) is 43.7 Å². The minimum Gasteiger partial charge on any atom is -0.456 e. The van der Waals surface area contributed by atoms with E-state index >= 15 is 0 Å². The van der Waals surface area contributed by atoms with E-state index in [4.69, 9.17) is 18.8 Å². The first-order valence-electron chi connectivity index (χ1n) is 23.0. The van der Waals surface area contributed by atoms with Crippen LogP contribution < -0.4 is 0 Å². The van der Waals surface area contributed by atoms with Gasteiger partial charge >= 0.3 is 0 Å². The van der Waals surface area contributed by atoms with E-state index in [0.717, 1.165) is 88.5 Å². The molecule has 0 bridgehead atoms. The van der Waals surface area contributed by atoms with Crippen molar-refractivity contribution in [3.8, 4) is 67.3 Å². The predicted octanol–water partition coefficient (Wildman–Crippen LogP) is 17.2. The smallest absolute Gasteiger partial charge is 0.160 e. The lowest BCUT2D eigenvalue weighted by Crippen LogP contribution is -2.14. The molecule has 0 amide bonds. The maximum absolute atomic E-state index is 6.62. The maximum atomic E-state index is 6.62. The van der Waals surface area contributed by atoms with Crippen molar-refractivity contribution >= 4 is 65.4 Å². The molecule has 4 nitrogen and oxygen atoms in total. The van der Waals surface area contributed by atoms with Crippen molar-refractivity contribution in [1.29, 1.82) is 0 Å². The molecule has 0 saturated carbocycles. The molecule has 1 aliphatic rings. The van der Waals surface area contributed by atoms with Gasteiger partial charge in [0.2, 0.25) is 0 Å². The second-order valence-electron chi connectivity index (χ2n) is 18.4. The second kappa shape index (κ2) is 14.2. The van der Waals surface area contributed by atoms with Crippen LogP contribution in [-0.2, 0) is 5.41 Å². The molecule has 14 rings (SSSR count). The summed E-state index contributed by atoms with van der Waals surface area (Å²) in [5.41, 5.74) is 17.8. The van der Waals surface area contributed by atoms with Gasteiger partial charge in [0.25, 0.3) is 0 Å². The van der Waals surface area contributed by atoms with Gasteiger partial charge in [-0.2, -0.15) is 0 Å². The molecule has 0 fully saturated rings. The Balaban J connectivity index is 0.960. The van der Waals surface area contributed by atoms with E-state index in [1.807, 2.05) is 36.4 Å². The minimum absolute atomic E-state index is 0.140. The van der Waals surface area contributed by atoms with Crippen molar-refractivity contribution in [2.45, 2.75) is 19.3 Å². The molecule has 0 spiro atoms. The predicted molar refractivity (Wildman–Crippen MR) is 276 cm³/mol. The second-order valence-corrected chi connectivity index (χ2v) is 18.4. The molecule has 0 N–H and O–H groups in total. The third-order valence-corrected chi connectivity index (χ3v) is 14.3. The molecule has 0 aliphatic heterocycles. The Morgan fingerprint density at radius 1 is 0.343 bits per heavy atom. The number of furan rings is 2. The summed E-state index contributed by atoms with van der Waals surface area (Å²) >= 11 is 0. The van der Waals surface area contributed by atoms with Gasteiger partial charge in [-0.25, -0.2) is 9.97 Å². The molecule has 67 heavy (non-hydrogen) atoms. The van der Waals surface area contributed by atoms with E-state index in [9.17, 15) is 0 Å². The minimum atomic E-state index is -0.140. The zero-order valence-corrected chi connectivity index (χ0v) is 36.8. The molecule has 0 radical (unpaired) electrons. The van der Waals surface area contributed by atoms with Gasteiger partial charge in [-0.05, 0) is 109 Å². The summed E-state index contributed by atoms with van der Waals surface area (Å²) in [7, 11) is 0. The molecule has 314 valence electrons. The number of benzene rings is 10. The van der Waals surface area contributed by atoms with Gasteiger partial charge in [0.05, 0.1) is 11.4 Å².